The second kappa shape index (κ2) is 9.50. The van der Waals surface area contributed by atoms with Gasteiger partial charge in [0.25, 0.3) is 0 Å². The molecule has 0 aliphatic heterocycles. The van der Waals surface area contributed by atoms with Crippen molar-refractivity contribution in [1.29, 1.82) is 0 Å². The van der Waals surface area contributed by atoms with E-state index in [1.165, 1.54) is 66.1 Å². The van der Waals surface area contributed by atoms with E-state index in [-0.39, 0.29) is 0 Å². The van der Waals surface area contributed by atoms with Gasteiger partial charge in [0.05, 0.1) is 0 Å². The molecular weight excluding hydrogens is 480 g/mol. The number of hydrogen-bond acceptors (Lipinski definition) is 0. The lowest BCUT2D eigenvalue weighted by atomic mass is 9.81. The summed E-state index contributed by atoms with van der Waals surface area (Å²) < 4.78 is 0. The van der Waals surface area contributed by atoms with Gasteiger partial charge in [0.2, 0.25) is 0 Å². The molecule has 0 spiro atoms. The second-order valence-electron chi connectivity index (χ2n) is 11.2. The molecular formula is C40H30. The molecule has 2 atom stereocenters. The minimum Gasteiger partial charge on any atom is -0.0760 e. The molecule has 40 heavy (non-hydrogen) atoms. The Morgan fingerprint density at radius 1 is 0.400 bits per heavy atom. The average molecular weight is 511 g/mol. The van der Waals surface area contributed by atoms with Crippen LogP contribution in [0.3, 0.4) is 0 Å². The lowest BCUT2D eigenvalue weighted by Gasteiger charge is -2.22. The maximum absolute atomic E-state index is 2.40. The van der Waals surface area contributed by atoms with Gasteiger partial charge >= 0.3 is 0 Å². The summed E-state index contributed by atoms with van der Waals surface area (Å²) in [5.74, 6) is 0.776. The van der Waals surface area contributed by atoms with Gasteiger partial charge in [0.15, 0.2) is 0 Å². The van der Waals surface area contributed by atoms with E-state index in [9.17, 15) is 0 Å². The topological polar surface area (TPSA) is 0 Å². The normalized spacial score (nSPS) is 17.0. The van der Waals surface area contributed by atoms with Crippen LogP contribution in [0.4, 0.5) is 0 Å². The zero-order chi connectivity index (χ0) is 26.5. The SMILES string of the molecule is C1=CC(Cc2ccc3ccccc3c2-c2c(C[C@@H]3C=Cc4ccccc43)ccc3ccccc23)c2ccccc21. The fraction of sp³-hybridized carbons (Fsp3) is 0.100. The minimum atomic E-state index is 0.388. The first-order chi connectivity index (χ1) is 19.8. The highest BCUT2D eigenvalue weighted by atomic mass is 14.3. The van der Waals surface area contributed by atoms with Crippen molar-refractivity contribution in [3.63, 3.8) is 0 Å². The molecule has 8 rings (SSSR count). The van der Waals surface area contributed by atoms with Gasteiger partial charge in [-0.2, -0.15) is 0 Å². The standard InChI is InChI=1S/C40H30/c1-5-13-35-27(9-1)17-21-31(35)25-33-23-19-29-11-3-7-15-37(29)39(33)40-34(24-20-30-12-4-8-16-38(30)40)26-32-22-18-28-10-2-6-14-36(28)32/h1-24,31-32H,25-26H2/t31-,32?/m0/s1. The van der Waals surface area contributed by atoms with Crippen molar-refractivity contribution in [3.05, 3.63) is 167 Å². The van der Waals surface area contributed by atoms with Gasteiger partial charge in [-0.05, 0) is 78.9 Å². The molecule has 0 radical (unpaired) electrons. The smallest absolute Gasteiger partial charge is 0.00678 e. The molecule has 1 unspecified atom stereocenters. The third kappa shape index (κ3) is 3.83. The van der Waals surface area contributed by atoms with Crippen molar-refractivity contribution in [1.82, 2.24) is 0 Å². The van der Waals surface area contributed by atoms with Gasteiger partial charge in [-0.25, -0.2) is 0 Å². The monoisotopic (exact) mass is 510 g/mol. The molecule has 0 heterocycles. The predicted molar refractivity (Wildman–Crippen MR) is 171 cm³/mol. The van der Waals surface area contributed by atoms with Gasteiger partial charge in [-0.1, -0.05) is 146 Å². The third-order valence-electron chi connectivity index (χ3n) is 8.97. The summed E-state index contributed by atoms with van der Waals surface area (Å²) in [4.78, 5) is 0. The molecule has 0 heteroatoms. The number of fused-ring (bicyclic) bond motifs is 4. The maximum Gasteiger partial charge on any atom is 0.00678 e. The molecule has 0 saturated carbocycles. The molecule has 0 bridgehead atoms. The van der Waals surface area contributed by atoms with Crippen LogP contribution in [0.15, 0.2) is 133 Å². The lowest BCUT2D eigenvalue weighted by Crippen LogP contribution is -2.04. The first-order valence-electron chi connectivity index (χ1n) is 14.4. The van der Waals surface area contributed by atoms with E-state index in [2.05, 4.69) is 146 Å². The van der Waals surface area contributed by atoms with Crippen molar-refractivity contribution < 1.29 is 0 Å². The molecule has 0 nitrogen and oxygen atoms in total. The van der Waals surface area contributed by atoms with E-state index in [4.69, 9.17) is 0 Å². The van der Waals surface area contributed by atoms with Gasteiger partial charge in [0, 0.05) is 11.8 Å². The fourth-order valence-corrected chi connectivity index (χ4v) is 7.04. The molecule has 0 saturated heterocycles. The number of hydrogen-bond donors (Lipinski definition) is 0. The van der Waals surface area contributed by atoms with Crippen molar-refractivity contribution >= 4 is 33.7 Å². The third-order valence-corrected chi connectivity index (χ3v) is 8.97. The van der Waals surface area contributed by atoms with Crippen LogP contribution < -0.4 is 0 Å². The van der Waals surface area contributed by atoms with Crippen LogP contribution in [-0.4, -0.2) is 0 Å². The first kappa shape index (κ1) is 23.2. The lowest BCUT2D eigenvalue weighted by molar-refractivity contribution is 0.846. The van der Waals surface area contributed by atoms with Crippen LogP contribution in [0.25, 0.3) is 44.8 Å². The summed E-state index contributed by atoms with van der Waals surface area (Å²) in [5, 5.41) is 5.28. The largest absolute Gasteiger partial charge is 0.0760 e. The van der Waals surface area contributed by atoms with Crippen LogP contribution in [0, 0.1) is 0 Å². The van der Waals surface area contributed by atoms with Crippen LogP contribution >= 0.6 is 0 Å². The van der Waals surface area contributed by atoms with Crippen LogP contribution in [0.2, 0.25) is 0 Å². The number of rotatable bonds is 5. The van der Waals surface area contributed by atoms with Gasteiger partial charge in [0.1, 0.15) is 0 Å². The molecule has 2 aliphatic rings. The molecule has 0 aromatic heterocycles. The Kier molecular flexibility index (Phi) is 5.52. The summed E-state index contributed by atoms with van der Waals surface area (Å²) >= 11 is 0. The Hall–Kier alpha value is -4.68. The number of benzene rings is 6. The Balaban J connectivity index is 1.34. The van der Waals surface area contributed by atoms with E-state index in [1.54, 1.807) is 0 Å². The van der Waals surface area contributed by atoms with Crippen molar-refractivity contribution in [2.75, 3.05) is 0 Å². The first-order valence-corrected chi connectivity index (χ1v) is 14.4. The maximum atomic E-state index is 2.40. The van der Waals surface area contributed by atoms with E-state index < -0.39 is 0 Å². The van der Waals surface area contributed by atoms with Crippen molar-refractivity contribution in [2.45, 2.75) is 24.7 Å². The highest BCUT2D eigenvalue weighted by molar-refractivity contribution is 6.08. The van der Waals surface area contributed by atoms with Gasteiger partial charge in [-0.3, -0.25) is 0 Å². The van der Waals surface area contributed by atoms with E-state index in [1.807, 2.05) is 0 Å². The molecule has 0 fully saturated rings. The zero-order valence-electron chi connectivity index (χ0n) is 22.4. The zero-order valence-corrected chi connectivity index (χ0v) is 22.4. The molecule has 6 aromatic carbocycles. The Bertz CT molecular complexity index is 1820. The Morgan fingerprint density at radius 2 is 0.825 bits per heavy atom. The predicted octanol–water partition coefficient (Wildman–Crippen LogP) is 10.4. The molecule has 0 amide bonds. The van der Waals surface area contributed by atoms with Crippen molar-refractivity contribution in [3.8, 4) is 11.1 Å². The van der Waals surface area contributed by atoms with E-state index in [0.29, 0.717) is 11.8 Å². The number of allylic oxidation sites excluding steroid dienone is 2. The highest BCUT2D eigenvalue weighted by Crippen LogP contribution is 2.44. The molecule has 0 N–H and O–H groups in total. The van der Waals surface area contributed by atoms with Crippen LogP contribution in [-0.2, 0) is 12.8 Å². The Morgan fingerprint density at radius 3 is 1.32 bits per heavy atom. The second-order valence-corrected chi connectivity index (χ2v) is 11.2. The summed E-state index contributed by atoms with van der Waals surface area (Å²) in [6, 6.07) is 45.0. The summed E-state index contributed by atoms with van der Waals surface area (Å²) in [7, 11) is 0. The Labute approximate surface area is 235 Å². The van der Waals surface area contributed by atoms with Gasteiger partial charge in [-0.15, -0.1) is 0 Å². The quantitative estimate of drug-likeness (QED) is 0.216. The molecule has 2 aliphatic carbocycles. The summed E-state index contributed by atoms with van der Waals surface area (Å²) in [6.07, 6.45) is 11.4. The molecule has 6 aromatic rings. The van der Waals surface area contributed by atoms with Crippen LogP contribution in [0.5, 0.6) is 0 Å². The van der Waals surface area contributed by atoms with Crippen LogP contribution in [0.1, 0.15) is 45.2 Å². The summed E-state index contributed by atoms with van der Waals surface area (Å²) in [5.41, 5.74) is 11.2. The van der Waals surface area contributed by atoms with Crippen molar-refractivity contribution in [2.24, 2.45) is 0 Å². The van der Waals surface area contributed by atoms with E-state index >= 15 is 0 Å². The minimum absolute atomic E-state index is 0.388. The van der Waals surface area contributed by atoms with E-state index in [0.717, 1.165) is 12.8 Å². The average Bonchev–Trinajstić information content (AvgIpc) is 3.61. The highest BCUT2D eigenvalue weighted by Gasteiger charge is 2.24. The summed E-state index contributed by atoms with van der Waals surface area (Å²) in [6.45, 7) is 0. The molecule has 190 valence electrons. The fourth-order valence-electron chi connectivity index (χ4n) is 7.04. The van der Waals surface area contributed by atoms with Gasteiger partial charge < -0.3 is 0 Å².